The van der Waals surface area contributed by atoms with Crippen LogP contribution in [0.2, 0.25) is 5.02 Å². The Kier molecular flexibility index (Phi) is 5.59. The van der Waals surface area contributed by atoms with E-state index < -0.39 is 0 Å². The molecule has 0 bridgehead atoms. The van der Waals surface area contributed by atoms with Crippen molar-refractivity contribution in [2.45, 2.75) is 39.2 Å². The minimum absolute atomic E-state index is 0.0175. The highest BCUT2D eigenvalue weighted by atomic mass is 79.9. The SMILES string of the molecule is CCC(CC)n1ccc(CC(=O)c2cc(Br)ccc2Cl)n1. The van der Waals surface area contributed by atoms with Gasteiger partial charge < -0.3 is 0 Å². The number of ketones is 1. The van der Waals surface area contributed by atoms with Gasteiger partial charge in [0.25, 0.3) is 0 Å². The van der Waals surface area contributed by atoms with Gasteiger partial charge in [-0.2, -0.15) is 5.10 Å². The summed E-state index contributed by atoms with van der Waals surface area (Å²) in [7, 11) is 0. The molecule has 0 fully saturated rings. The zero-order valence-electron chi connectivity index (χ0n) is 12.1. The summed E-state index contributed by atoms with van der Waals surface area (Å²) in [4.78, 5) is 12.4. The standard InChI is InChI=1S/C16H18BrClN2O/c1-3-13(4-2)20-8-7-12(19-20)10-16(21)14-9-11(17)5-6-15(14)18/h5-9,13H,3-4,10H2,1-2H3. The number of Topliss-reactive ketones (excluding diaryl/α,β-unsaturated/α-hetero) is 1. The van der Waals surface area contributed by atoms with Crippen molar-refractivity contribution in [3.8, 4) is 0 Å². The van der Waals surface area contributed by atoms with Crippen molar-refractivity contribution >= 4 is 33.3 Å². The summed E-state index contributed by atoms with van der Waals surface area (Å²) in [6.45, 7) is 4.28. The maximum absolute atomic E-state index is 12.4. The predicted molar refractivity (Wildman–Crippen MR) is 89.0 cm³/mol. The van der Waals surface area contributed by atoms with Gasteiger partial charge in [0.15, 0.2) is 5.78 Å². The fraction of sp³-hybridized carbons (Fsp3) is 0.375. The summed E-state index contributed by atoms with van der Waals surface area (Å²) in [6, 6.07) is 7.59. The third-order valence-corrected chi connectivity index (χ3v) is 4.37. The fourth-order valence-corrected chi connectivity index (χ4v) is 2.89. The summed E-state index contributed by atoms with van der Waals surface area (Å²) in [5.41, 5.74) is 1.31. The maximum Gasteiger partial charge on any atom is 0.170 e. The fourth-order valence-electron chi connectivity index (χ4n) is 2.31. The van der Waals surface area contributed by atoms with E-state index in [-0.39, 0.29) is 12.2 Å². The Morgan fingerprint density at radius 1 is 1.33 bits per heavy atom. The van der Waals surface area contributed by atoms with E-state index in [0.29, 0.717) is 16.6 Å². The van der Waals surface area contributed by atoms with Crippen LogP contribution in [0.3, 0.4) is 0 Å². The number of aromatic nitrogens is 2. The maximum atomic E-state index is 12.4. The molecular formula is C16H18BrClN2O. The van der Waals surface area contributed by atoms with Crippen LogP contribution in [-0.2, 0) is 6.42 Å². The number of nitrogens with zero attached hydrogens (tertiary/aromatic N) is 2. The van der Waals surface area contributed by atoms with E-state index in [1.807, 2.05) is 23.0 Å². The minimum atomic E-state index is -0.0175. The summed E-state index contributed by atoms with van der Waals surface area (Å²) >= 11 is 9.45. The zero-order chi connectivity index (χ0) is 15.4. The number of hydrogen-bond acceptors (Lipinski definition) is 2. The number of benzene rings is 1. The van der Waals surface area contributed by atoms with E-state index in [9.17, 15) is 4.79 Å². The van der Waals surface area contributed by atoms with E-state index >= 15 is 0 Å². The van der Waals surface area contributed by atoms with Crippen LogP contribution in [0.5, 0.6) is 0 Å². The Morgan fingerprint density at radius 3 is 2.71 bits per heavy atom. The Balaban J connectivity index is 2.15. The molecule has 112 valence electrons. The normalized spacial score (nSPS) is 11.1. The lowest BCUT2D eigenvalue weighted by atomic mass is 10.1. The Hall–Kier alpha value is -1.13. The summed E-state index contributed by atoms with van der Waals surface area (Å²) in [5, 5.41) is 4.99. The molecule has 1 aromatic carbocycles. The van der Waals surface area contributed by atoms with Gasteiger partial charge in [-0.05, 0) is 37.1 Å². The molecule has 21 heavy (non-hydrogen) atoms. The smallest absolute Gasteiger partial charge is 0.170 e. The van der Waals surface area contributed by atoms with E-state index in [1.165, 1.54) is 0 Å². The Morgan fingerprint density at radius 2 is 2.05 bits per heavy atom. The van der Waals surface area contributed by atoms with Gasteiger partial charge in [-0.1, -0.05) is 41.4 Å². The van der Waals surface area contributed by atoms with Crippen LogP contribution in [0, 0.1) is 0 Å². The van der Waals surface area contributed by atoms with Crippen LogP contribution in [0.15, 0.2) is 34.9 Å². The highest BCUT2D eigenvalue weighted by Gasteiger charge is 2.14. The van der Waals surface area contributed by atoms with Crippen molar-refractivity contribution < 1.29 is 4.79 Å². The molecule has 1 aromatic heterocycles. The topological polar surface area (TPSA) is 34.9 Å². The van der Waals surface area contributed by atoms with Crippen molar-refractivity contribution in [1.82, 2.24) is 9.78 Å². The van der Waals surface area contributed by atoms with E-state index in [4.69, 9.17) is 11.6 Å². The van der Waals surface area contributed by atoms with Crippen LogP contribution in [0.25, 0.3) is 0 Å². The van der Waals surface area contributed by atoms with E-state index in [0.717, 1.165) is 23.0 Å². The lowest BCUT2D eigenvalue weighted by Gasteiger charge is -2.12. The molecule has 0 amide bonds. The van der Waals surface area contributed by atoms with Gasteiger partial charge in [0.1, 0.15) is 0 Å². The van der Waals surface area contributed by atoms with Crippen LogP contribution < -0.4 is 0 Å². The first-order chi connectivity index (χ1) is 10.0. The molecule has 2 aromatic rings. The first-order valence-electron chi connectivity index (χ1n) is 7.07. The van der Waals surface area contributed by atoms with Crippen molar-refractivity contribution in [1.29, 1.82) is 0 Å². The Bertz CT molecular complexity index is 635. The lowest BCUT2D eigenvalue weighted by Crippen LogP contribution is -2.09. The molecule has 0 aliphatic heterocycles. The molecule has 0 spiro atoms. The van der Waals surface area contributed by atoms with Gasteiger partial charge in [0.05, 0.1) is 23.2 Å². The molecule has 0 radical (unpaired) electrons. The van der Waals surface area contributed by atoms with Crippen LogP contribution in [0.4, 0.5) is 0 Å². The van der Waals surface area contributed by atoms with Gasteiger partial charge in [-0.25, -0.2) is 0 Å². The van der Waals surface area contributed by atoms with Gasteiger partial charge in [-0.3, -0.25) is 9.48 Å². The van der Waals surface area contributed by atoms with E-state index in [1.54, 1.807) is 12.1 Å². The van der Waals surface area contributed by atoms with Crippen LogP contribution in [-0.4, -0.2) is 15.6 Å². The summed E-state index contributed by atoms with van der Waals surface area (Å²) in [5.74, 6) is -0.0175. The summed E-state index contributed by atoms with van der Waals surface area (Å²) < 4.78 is 2.79. The van der Waals surface area contributed by atoms with Crippen LogP contribution in [0.1, 0.15) is 48.8 Å². The highest BCUT2D eigenvalue weighted by Crippen LogP contribution is 2.22. The molecule has 3 nitrogen and oxygen atoms in total. The van der Waals surface area contributed by atoms with E-state index in [2.05, 4.69) is 34.9 Å². The quantitative estimate of drug-likeness (QED) is 0.665. The number of halogens is 2. The molecule has 0 saturated heterocycles. The molecule has 5 heteroatoms. The molecule has 0 N–H and O–H groups in total. The lowest BCUT2D eigenvalue weighted by molar-refractivity contribution is 0.0991. The van der Waals surface area contributed by atoms with Gasteiger partial charge >= 0.3 is 0 Å². The first-order valence-corrected chi connectivity index (χ1v) is 8.24. The number of carbonyl (C=O) groups is 1. The van der Waals surface area contributed by atoms with Crippen molar-refractivity contribution in [2.75, 3.05) is 0 Å². The van der Waals surface area contributed by atoms with Gasteiger partial charge in [-0.15, -0.1) is 0 Å². The van der Waals surface area contributed by atoms with Gasteiger partial charge in [0.2, 0.25) is 0 Å². The second-order valence-corrected chi connectivity index (χ2v) is 6.30. The first kappa shape index (κ1) is 16.2. The second kappa shape index (κ2) is 7.23. The average molecular weight is 370 g/mol. The molecular weight excluding hydrogens is 352 g/mol. The molecule has 0 unspecified atom stereocenters. The minimum Gasteiger partial charge on any atom is -0.294 e. The largest absolute Gasteiger partial charge is 0.294 e. The number of rotatable bonds is 6. The van der Waals surface area contributed by atoms with Crippen LogP contribution >= 0.6 is 27.5 Å². The molecule has 2 rings (SSSR count). The predicted octanol–water partition coefficient (Wildman–Crippen LogP) is 5.09. The molecule has 0 saturated carbocycles. The molecule has 0 aliphatic rings. The van der Waals surface area contributed by atoms with Crippen molar-refractivity contribution in [2.24, 2.45) is 0 Å². The number of carbonyl (C=O) groups excluding carboxylic acids is 1. The van der Waals surface area contributed by atoms with Gasteiger partial charge in [0, 0.05) is 16.2 Å². The molecule has 0 atom stereocenters. The molecule has 0 aliphatic carbocycles. The molecule has 1 heterocycles. The zero-order valence-corrected chi connectivity index (χ0v) is 14.5. The third kappa shape index (κ3) is 3.95. The average Bonchev–Trinajstić information content (AvgIpc) is 2.91. The monoisotopic (exact) mass is 368 g/mol. The Labute approximate surface area is 138 Å². The van der Waals surface area contributed by atoms with Crippen molar-refractivity contribution in [3.05, 3.63) is 51.2 Å². The van der Waals surface area contributed by atoms with Crippen molar-refractivity contribution in [3.63, 3.8) is 0 Å². The summed E-state index contributed by atoms with van der Waals surface area (Å²) in [6.07, 6.45) is 4.28. The second-order valence-electron chi connectivity index (χ2n) is 4.98. The third-order valence-electron chi connectivity index (χ3n) is 3.55. The number of hydrogen-bond donors (Lipinski definition) is 0. The highest BCUT2D eigenvalue weighted by molar-refractivity contribution is 9.10.